The van der Waals surface area contributed by atoms with Gasteiger partial charge in [-0.05, 0) is 45.2 Å². The summed E-state index contributed by atoms with van der Waals surface area (Å²) in [4.78, 5) is 10.4. The molecule has 0 aliphatic heterocycles. The average molecular weight is 501 g/mol. The van der Waals surface area contributed by atoms with Crippen molar-refractivity contribution in [1.82, 2.24) is 20.8 Å². The van der Waals surface area contributed by atoms with Crippen LogP contribution in [0, 0.1) is 6.92 Å². The molecule has 0 radical (unpaired) electrons. The molecular formula is C19H28IN5OS. The van der Waals surface area contributed by atoms with Crippen LogP contribution in [0.15, 0.2) is 44.7 Å². The van der Waals surface area contributed by atoms with Gasteiger partial charge in [-0.25, -0.2) is 0 Å². The summed E-state index contributed by atoms with van der Waals surface area (Å²) in [5.74, 6) is 2.27. The second kappa shape index (κ2) is 10.9. The molecule has 6 nitrogen and oxygen atoms in total. The highest BCUT2D eigenvalue weighted by molar-refractivity contribution is 14.0. The summed E-state index contributed by atoms with van der Waals surface area (Å²) in [5.41, 5.74) is 0. The van der Waals surface area contributed by atoms with Crippen LogP contribution >= 0.6 is 35.7 Å². The third kappa shape index (κ3) is 7.33. The average Bonchev–Trinajstić information content (AvgIpc) is 3.28. The second-order valence-corrected chi connectivity index (χ2v) is 8.10. The fraction of sp³-hybridized carbons (Fsp3) is 0.526. The minimum absolute atomic E-state index is 0. The highest BCUT2D eigenvalue weighted by Crippen LogP contribution is 2.51. The van der Waals surface area contributed by atoms with Crippen LogP contribution in [0.1, 0.15) is 37.9 Å². The summed E-state index contributed by atoms with van der Waals surface area (Å²) in [6.45, 7) is 6.44. The Morgan fingerprint density at radius 3 is 2.67 bits per heavy atom. The first kappa shape index (κ1) is 22.0. The van der Waals surface area contributed by atoms with Crippen LogP contribution in [0.3, 0.4) is 0 Å². The molecule has 1 aromatic carbocycles. The van der Waals surface area contributed by atoms with Crippen LogP contribution in [-0.2, 0) is 6.42 Å². The highest BCUT2D eigenvalue weighted by atomic mass is 127. The van der Waals surface area contributed by atoms with Gasteiger partial charge in [0, 0.05) is 29.2 Å². The first-order valence-corrected chi connectivity index (χ1v) is 10.1. The Hall–Kier alpha value is -1.29. The van der Waals surface area contributed by atoms with E-state index in [-0.39, 0.29) is 28.7 Å². The summed E-state index contributed by atoms with van der Waals surface area (Å²) in [7, 11) is 0. The summed E-state index contributed by atoms with van der Waals surface area (Å²) in [6.07, 6.45) is 4.16. The van der Waals surface area contributed by atoms with Crippen LogP contribution in [0.2, 0.25) is 0 Å². The maximum absolute atomic E-state index is 5.14. The lowest BCUT2D eigenvalue weighted by molar-refractivity contribution is 0.372. The van der Waals surface area contributed by atoms with Gasteiger partial charge in [-0.3, -0.25) is 4.99 Å². The smallest absolute Gasteiger partial charge is 0.226 e. The van der Waals surface area contributed by atoms with Gasteiger partial charge in [0.15, 0.2) is 11.8 Å². The summed E-state index contributed by atoms with van der Waals surface area (Å²) in [6, 6.07) is 10.6. The molecule has 0 unspecified atom stereocenters. The molecule has 8 heteroatoms. The number of hydrogen-bond acceptors (Lipinski definition) is 5. The van der Waals surface area contributed by atoms with Crippen molar-refractivity contribution in [3.63, 3.8) is 0 Å². The molecule has 27 heavy (non-hydrogen) atoms. The standard InChI is InChI=1S/C19H27N5OS.HI/c1-3-20-18(21-13-7-10-17-23-15(2)24-25-17)22-14-19(11-12-19)26-16-8-5-4-6-9-16;/h4-6,8-9H,3,7,10-14H2,1-2H3,(H2,20,21,22);1H. The molecule has 0 bridgehead atoms. The number of aryl methyl sites for hydroxylation is 2. The predicted octanol–water partition coefficient (Wildman–Crippen LogP) is 3.81. The van der Waals surface area contributed by atoms with Crippen molar-refractivity contribution in [2.45, 2.75) is 49.2 Å². The van der Waals surface area contributed by atoms with E-state index >= 15 is 0 Å². The third-order valence-electron chi connectivity index (χ3n) is 4.18. The zero-order valence-corrected chi connectivity index (χ0v) is 19.0. The van der Waals surface area contributed by atoms with E-state index in [0.29, 0.717) is 11.7 Å². The molecule has 2 N–H and O–H groups in total. The number of thioether (sulfide) groups is 1. The number of nitrogens with zero attached hydrogens (tertiary/aromatic N) is 3. The van der Waals surface area contributed by atoms with Crippen LogP contribution in [-0.4, -0.2) is 40.5 Å². The Morgan fingerprint density at radius 1 is 1.26 bits per heavy atom. The number of halogens is 1. The van der Waals surface area contributed by atoms with Gasteiger partial charge >= 0.3 is 0 Å². The number of nitrogens with one attached hydrogen (secondary N) is 2. The number of guanidine groups is 1. The fourth-order valence-corrected chi connectivity index (χ4v) is 3.85. The van der Waals surface area contributed by atoms with Crippen LogP contribution in [0.25, 0.3) is 0 Å². The molecule has 0 amide bonds. The quantitative estimate of drug-likeness (QED) is 0.236. The third-order valence-corrected chi connectivity index (χ3v) is 5.66. The largest absolute Gasteiger partial charge is 0.357 e. The molecule has 1 aliphatic carbocycles. The first-order chi connectivity index (χ1) is 12.7. The molecule has 1 aliphatic rings. The SMILES string of the molecule is CCNC(=NCC1(Sc2ccccc2)CC1)NCCCc1nc(C)no1.I. The van der Waals surface area contributed by atoms with Gasteiger partial charge in [0.25, 0.3) is 0 Å². The topological polar surface area (TPSA) is 75.3 Å². The fourth-order valence-electron chi connectivity index (χ4n) is 2.62. The van der Waals surface area contributed by atoms with Gasteiger partial charge < -0.3 is 15.2 Å². The summed E-state index contributed by atoms with van der Waals surface area (Å²) in [5, 5.41) is 10.5. The van der Waals surface area contributed by atoms with Gasteiger partial charge in [-0.15, -0.1) is 35.7 Å². The number of aliphatic imine (C=N–C) groups is 1. The summed E-state index contributed by atoms with van der Waals surface area (Å²) >= 11 is 1.95. The zero-order chi connectivity index (χ0) is 18.2. The number of aromatic nitrogens is 2. The van der Waals surface area contributed by atoms with E-state index in [4.69, 9.17) is 9.52 Å². The first-order valence-electron chi connectivity index (χ1n) is 9.24. The van der Waals surface area contributed by atoms with Gasteiger partial charge in [-0.1, -0.05) is 23.4 Å². The minimum atomic E-state index is 0. The molecule has 1 aromatic heterocycles. The monoisotopic (exact) mass is 501 g/mol. The Balaban J connectivity index is 0.00000261. The highest BCUT2D eigenvalue weighted by Gasteiger charge is 2.43. The van der Waals surface area contributed by atoms with E-state index in [1.165, 1.54) is 17.7 Å². The molecule has 0 spiro atoms. The maximum atomic E-state index is 5.14. The van der Waals surface area contributed by atoms with E-state index in [2.05, 4.69) is 58.0 Å². The number of benzene rings is 1. The van der Waals surface area contributed by atoms with Gasteiger partial charge in [0.1, 0.15) is 0 Å². The molecular weight excluding hydrogens is 473 g/mol. The van der Waals surface area contributed by atoms with Crippen molar-refractivity contribution >= 4 is 41.7 Å². The summed E-state index contributed by atoms with van der Waals surface area (Å²) < 4.78 is 5.41. The predicted molar refractivity (Wildman–Crippen MR) is 121 cm³/mol. The van der Waals surface area contributed by atoms with Crippen LogP contribution < -0.4 is 10.6 Å². The van der Waals surface area contributed by atoms with Crippen molar-refractivity contribution in [2.75, 3.05) is 19.6 Å². The molecule has 1 heterocycles. The lowest BCUT2D eigenvalue weighted by atomic mass is 10.3. The van der Waals surface area contributed by atoms with Crippen LogP contribution in [0.5, 0.6) is 0 Å². The molecule has 1 fully saturated rings. The molecule has 2 aromatic rings. The van der Waals surface area contributed by atoms with Gasteiger partial charge in [-0.2, -0.15) is 4.98 Å². The van der Waals surface area contributed by atoms with Gasteiger partial charge in [0.05, 0.1) is 6.54 Å². The van der Waals surface area contributed by atoms with Gasteiger partial charge in [0.2, 0.25) is 5.89 Å². The van der Waals surface area contributed by atoms with E-state index in [9.17, 15) is 0 Å². The van der Waals surface area contributed by atoms with E-state index in [1.807, 2.05) is 18.7 Å². The van der Waals surface area contributed by atoms with E-state index in [0.717, 1.165) is 38.4 Å². The van der Waals surface area contributed by atoms with E-state index < -0.39 is 0 Å². The van der Waals surface area contributed by atoms with Crippen molar-refractivity contribution < 1.29 is 4.52 Å². The van der Waals surface area contributed by atoms with Crippen molar-refractivity contribution in [2.24, 2.45) is 4.99 Å². The molecule has 1 saturated carbocycles. The normalized spacial score (nSPS) is 15.1. The minimum Gasteiger partial charge on any atom is -0.357 e. The number of rotatable bonds is 9. The van der Waals surface area contributed by atoms with Crippen molar-refractivity contribution in [3.8, 4) is 0 Å². The Kier molecular flexibility index (Phi) is 8.88. The van der Waals surface area contributed by atoms with Crippen molar-refractivity contribution in [3.05, 3.63) is 42.0 Å². The second-order valence-electron chi connectivity index (χ2n) is 6.56. The number of hydrogen-bond donors (Lipinski definition) is 2. The zero-order valence-electron chi connectivity index (χ0n) is 15.9. The Labute approximate surface area is 182 Å². The maximum Gasteiger partial charge on any atom is 0.226 e. The Bertz CT molecular complexity index is 718. The molecule has 3 rings (SSSR count). The van der Waals surface area contributed by atoms with E-state index in [1.54, 1.807) is 0 Å². The lowest BCUT2D eigenvalue weighted by Gasteiger charge is -2.15. The lowest BCUT2D eigenvalue weighted by Crippen LogP contribution is -2.38. The molecule has 0 atom stereocenters. The van der Waals surface area contributed by atoms with Crippen LogP contribution in [0.4, 0.5) is 0 Å². The molecule has 0 saturated heterocycles. The van der Waals surface area contributed by atoms with Crippen molar-refractivity contribution in [1.29, 1.82) is 0 Å². The molecule has 148 valence electrons. The Morgan fingerprint density at radius 2 is 2.04 bits per heavy atom.